The predicted molar refractivity (Wildman–Crippen MR) is 52.2 cm³/mol. The summed E-state index contributed by atoms with van der Waals surface area (Å²) < 4.78 is 0. The Morgan fingerprint density at radius 1 is 1.36 bits per heavy atom. The van der Waals surface area contributed by atoms with Crippen LogP contribution in [-0.4, -0.2) is 22.7 Å². The number of phenols is 2. The molecule has 4 nitrogen and oxygen atoms in total. The minimum absolute atomic E-state index is 0.0995. The van der Waals surface area contributed by atoms with Gasteiger partial charge in [0.05, 0.1) is 6.42 Å². The van der Waals surface area contributed by atoms with E-state index in [9.17, 15) is 4.79 Å². The van der Waals surface area contributed by atoms with Crippen molar-refractivity contribution in [2.75, 3.05) is 6.54 Å². The first-order valence-corrected chi connectivity index (χ1v) is 4.41. The van der Waals surface area contributed by atoms with E-state index in [1.165, 1.54) is 12.1 Å². The first-order valence-electron chi connectivity index (χ1n) is 4.41. The summed E-state index contributed by atoms with van der Waals surface area (Å²) in [7, 11) is 0. The van der Waals surface area contributed by atoms with Gasteiger partial charge in [-0.3, -0.25) is 4.79 Å². The van der Waals surface area contributed by atoms with Crippen LogP contribution >= 0.6 is 0 Å². The second kappa shape index (κ2) is 4.50. The summed E-state index contributed by atoms with van der Waals surface area (Å²) in [6.07, 6.45) is 0.210. The first kappa shape index (κ1) is 10.4. The Bertz CT molecular complexity index is 336. The van der Waals surface area contributed by atoms with Crippen LogP contribution in [0.4, 0.5) is 0 Å². The van der Waals surface area contributed by atoms with Gasteiger partial charge in [0.15, 0.2) is 11.5 Å². The molecule has 1 rings (SSSR count). The third-order valence-corrected chi connectivity index (χ3v) is 1.78. The second-order valence-electron chi connectivity index (χ2n) is 2.95. The molecule has 0 saturated heterocycles. The average Bonchev–Trinajstić information content (AvgIpc) is 2.12. The molecular formula is C10H13NO3. The molecule has 0 aliphatic carbocycles. The lowest BCUT2D eigenvalue weighted by Gasteiger charge is -2.03. The third-order valence-electron chi connectivity index (χ3n) is 1.78. The largest absolute Gasteiger partial charge is 0.504 e. The molecule has 0 bridgehead atoms. The zero-order valence-corrected chi connectivity index (χ0v) is 7.95. The van der Waals surface area contributed by atoms with Gasteiger partial charge < -0.3 is 15.5 Å². The molecule has 4 heteroatoms. The molecule has 0 saturated carbocycles. The minimum atomic E-state index is -0.202. The molecule has 0 radical (unpaired) electrons. The van der Waals surface area contributed by atoms with Crippen molar-refractivity contribution >= 4 is 5.91 Å². The Kier molecular flexibility index (Phi) is 3.34. The molecule has 0 heterocycles. The van der Waals surface area contributed by atoms with Gasteiger partial charge in [0.25, 0.3) is 0 Å². The fourth-order valence-electron chi connectivity index (χ4n) is 1.12. The highest BCUT2D eigenvalue weighted by molar-refractivity contribution is 5.78. The number of amides is 1. The number of carbonyl (C=O) groups is 1. The zero-order chi connectivity index (χ0) is 10.6. The lowest BCUT2D eigenvalue weighted by atomic mass is 10.1. The second-order valence-corrected chi connectivity index (χ2v) is 2.95. The summed E-state index contributed by atoms with van der Waals surface area (Å²) in [5.74, 6) is -0.478. The molecule has 0 aliphatic rings. The number of hydrogen-bond donors (Lipinski definition) is 3. The number of nitrogens with one attached hydrogen (secondary N) is 1. The fraction of sp³-hybridized carbons (Fsp3) is 0.300. The van der Waals surface area contributed by atoms with Gasteiger partial charge in [-0.1, -0.05) is 6.07 Å². The van der Waals surface area contributed by atoms with Crippen molar-refractivity contribution in [3.05, 3.63) is 23.8 Å². The Hall–Kier alpha value is -1.71. The molecule has 0 aliphatic heterocycles. The van der Waals surface area contributed by atoms with Crippen LogP contribution in [-0.2, 0) is 11.2 Å². The maximum absolute atomic E-state index is 11.2. The van der Waals surface area contributed by atoms with Crippen LogP contribution < -0.4 is 5.32 Å². The number of hydrogen-bond acceptors (Lipinski definition) is 3. The molecule has 76 valence electrons. The Labute approximate surface area is 82.2 Å². The number of aromatic hydroxyl groups is 2. The van der Waals surface area contributed by atoms with Crippen LogP contribution in [0.15, 0.2) is 18.2 Å². The summed E-state index contributed by atoms with van der Waals surface area (Å²) in [6, 6.07) is 4.35. The third kappa shape index (κ3) is 2.65. The molecule has 0 spiro atoms. The van der Waals surface area contributed by atoms with Crippen LogP contribution in [0.5, 0.6) is 11.5 Å². The van der Waals surface area contributed by atoms with Gasteiger partial charge in [0.1, 0.15) is 0 Å². The van der Waals surface area contributed by atoms with Crippen molar-refractivity contribution in [3.63, 3.8) is 0 Å². The number of phenolic OH excluding ortho intramolecular Hbond substituents is 2. The first-order chi connectivity index (χ1) is 6.63. The van der Waals surface area contributed by atoms with E-state index in [1.54, 1.807) is 6.07 Å². The van der Waals surface area contributed by atoms with Gasteiger partial charge in [-0.25, -0.2) is 0 Å². The number of carbonyl (C=O) groups excluding carboxylic acids is 1. The fourth-order valence-corrected chi connectivity index (χ4v) is 1.12. The van der Waals surface area contributed by atoms with E-state index in [-0.39, 0.29) is 23.8 Å². The quantitative estimate of drug-likeness (QED) is 0.624. The maximum atomic E-state index is 11.2. The van der Waals surface area contributed by atoms with Crippen molar-refractivity contribution in [2.45, 2.75) is 13.3 Å². The molecular weight excluding hydrogens is 182 g/mol. The smallest absolute Gasteiger partial charge is 0.224 e. The van der Waals surface area contributed by atoms with Gasteiger partial charge in [0.2, 0.25) is 5.91 Å². The SMILES string of the molecule is CCNC(=O)Cc1ccc(O)c(O)c1. The lowest BCUT2D eigenvalue weighted by molar-refractivity contribution is -0.120. The maximum Gasteiger partial charge on any atom is 0.224 e. The molecule has 0 fully saturated rings. The number of likely N-dealkylation sites (N-methyl/N-ethyl adjacent to an activating group) is 1. The average molecular weight is 195 g/mol. The van der Waals surface area contributed by atoms with E-state index in [0.717, 1.165) is 0 Å². The van der Waals surface area contributed by atoms with Crippen LogP contribution in [0.1, 0.15) is 12.5 Å². The minimum Gasteiger partial charge on any atom is -0.504 e. The van der Waals surface area contributed by atoms with Gasteiger partial charge in [-0.2, -0.15) is 0 Å². The van der Waals surface area contributed by atoms with Gasteiger partial charge in [-0.05, 0) is 24.6 Å². The number of benzene rings is 1. The summed E-state index contributed by atoms with van der Waals surface area (Å²) in [5.41, 5.74) is 0.672. The highest BCUT2D eigenvalue weighted by Gasteiger charge is 2.04. The van der Waals surface area contributed by atoms with Crippen LogP contribution in [0, 0.1) is 0 Å². The predicted octanol–water partition coefficient (Wildman–Crippen LogP) is 0.776. The standard InChI is InChI=1S/C10H13NO3/c1-2-11-10(14)6-7-3-4-8(12)9(13)5-7/h3-5,12-13H,2,6H2,1H3,(H,11,14). The molecule has 3 N–H and O–H groups in total. The summed E-state index contributed by atoms with van der Waals surface area (Å²) in [5, 5.41) is 20.8. The van der Waals surface area contributed by atoms with Gasteiger partial charge in [-0.15, -0.1) is 0 Å². The zero-order valence-electron chi connectivity index (χ0n) is 7.95. The monoisotopic (exact) mass is 195 g/mol. The molecule has 0 atom stereocenters. The van der Waals surface area contributed by atoms with Crippen molar-refractivity contribution < 1.29 is 15.0 Å². The van der Waals surface area contributed by atoms with E-state index >= 15 is 0 Å². The van der Waals surface area contributed by atoms with E-state index in [2.05, 4.69) is 5.32 Å². The van der Waals surface area contributed by atoms with Crippen LogP contribution in [0.25, 0.3) is 0 Å². The highest BCUT2D eigenvalue weighted by Crippen LogP contribution is 2.24. The van der Waals surface area contributed by atoms with Gasteiger partial charge >= 0.3 is 0 Å². The number of rotatable bonds is 3. The van der Waals surface area contributed by atoms with Crippen molar-refractivity contribution in [1.29, 1.82) is 0 Å². The summed E-state index contributed by atoms with van der Waals surface area (Å²) in [6.45, 7) is 2.43. The molecule has 0 unspecified atom stereocenters. The lowest BCUT2D eigenvalue weighted by Crippen LogP contribution is -2.24. The molecule has 1 amide bonds. The summed E-state index contributed by atoms with van der Waals surface area (Å²) >= 11 is 0. The topological polar surface area (TPSA) is 69.6 Å². The van der Waals surface area contributed by atoms with E-state index in [1.807, 2.05) is 6.92 Å². The van der Waals surface area contributed by atoms with Crippen molar-refractivity contribution in [3.8, 4) is 11.5 Å². The van der Waals surface area contributed by atoms with E-state index < -0.39 is 0 Å². The molecule has 14 heavy (non-hydrogen) atoms. The molecule has 0 aromatic heterocycles. The summed E-state index contributed by atoms with van der Waals surface area (Å²) in [4.78, 5) is 11.2. The van der Waals surface area contributed by atoms with E-state index in [0.29, 0.717) is 12.1 Å². The normalized spacial score (nSPS) is 9.79. The van der Waals surface area contributed by atoms with E-state index in [4.69, 9.17) is 10.2 Å². The van der Waals surface area contributed by atoms with Crippen LogP contribution in [0.3, 0.4) is 0 Å². The van der Waals surface area contributed by atoms with Crippen molar-refractivity contribution in [2.24, 2.45) is 0 Å². The Balaban J connectivity index is 2.68. The molecule has 1 aromatic carbocycles. The highest BCUT2D eigenvalue weighted by atomic mass is 16.3. The Morgan fingerprint density at radius 3 is 2.64 bits per heavy atom. The van der Waals surface area contributed by atoms with Crippen LogP contribution in [0.2, 0.25) is 0 Å². The van der Waals surface area contributed by atoms with Gasteiger partial charge in [0, 0.05) is 6.54 Å². The molecule has 1 aromatic rings. The van der Waals surface area contributed by atoms with Crippen molar-refractivity contribution in [1.82, 2.24) is 5.32 Å². The Morgan fingerprint density at radius 2 is 2.07 bits per heavy atom.